The molecule has 3 nitrogen and oxygen atoms in total. The number of rotatable bonds is 2. The van der Waals surface area contributed by atoms with Gasteiger partial charge in [0.1, 0.15) is 11.6 Å². The third kappa shape index (κ3) is 2.30. The molecule has 1 aliphatic heterocycles. The summed E-state index contributed by atoms with van der Waals surface area (Å²) in [6, 6.07) is 3.40. The summed E-state index contributed by atoms with van der Waals surface area (Å²) in [5.74, 6) is 0.251. The fraction of sp³-hybridized carbons (Fsp3) is 0.455. The SMILES string of the molecule is COc1cc(N2CCNCC2)cc(F)c1Br. The number of anilines is 1. The van der Waals surface area contributed by atoms with Gasteiger partial charge in [-0.3, -0.25) is 0 Å². The van der Waals surface area contributed by atoms with Crippen molar-refractivity contribution in [3.05, 3.63) is 22.4 Å². The lowest BCUT2D eigenvalue weighted by molar-refractivity contribution is 0.407. The number of piperazine rings is 1. The van der Waals surface area contributed by atoms with Crippen LogP contribution in [0.4, 0.5) is 10.1 Å². The Bertz CT molecular complexity index is 380. The first-order valence-electron chi connectivity index (χ1n) is 5.21. The predicted molar refractivity (Wildman–Crippen MR) is 65.7 cm³/mol. The molecule has 0 bridgehead atoms. The Morgan fingerprint density at radius 3 is 2.69 bits per heavy atom. The van der Waals surface area contributed by atoms with Gasteiger partial charge in [-0.15, -0.1) is 0 Å². The van der Waals surface area contributed by atoms with Gasteiger partial charge in [-0.25, -0.2) is 4.39 Å². The van der Waals surface area contributed by atoms with Gasteiger partial charge in [0.05, 0.1) is 11.6 Å². The Morgan fingerprint density at radius 1 is 1.38 bits per heavy atom. The summed E-state index contributed by atoms with van der Waals surface area (Å²) in [5, 5.41) is 3.26. The lowest BCUT2D eigenvalue weighted by Crippen LogP contribution is -2.43. The van der Waals surface area contributed by atoms with E-state index < -0.39 is 0 Å². The molecule has 0 atom stereocenters. The van der Waals surface area contributed by atoms with Crippen molar-refractivity contribution in [3.8, 4) is 5.75 Å². The van der Waals surface area contributed by atoms with E-state index in [0.29, 0.717) is 10.2 Å². The van der Waals surface area contributed by atoms with E-state index in [4.69, 9.17) is 4.74 Å². The van der Waals surface area contributed by atoms with Crippen LogP contribution >= 0.6 is 15.9 Å². The monoisotopic (exact) mass is 288 g/mol. The zero-order valence-corrected chi connectivity index (χ0v) is 10.7. The molecule has 1 aromatic rings. The molecule has 0 unspecified atom stereocenters. The number of hydrogen-bond acceptors (Lipinski definition) is 3. The third-order valence-corrected chi connectivity index (χ3v) is 3.45. The van der Waals surface area contributed by atoms with Crippen LogP contribution in [0.2, 0.25) is 0 Å². The van der Waals surface area contributed by atoms with E-state index in [2.05, 4.69) is 26.1 Å². The maximum atomic E-state index is 13.6. The van der Waals surface area contributed by atoms with Crippen LogP contribution in [0.1, 0.15) is 0 Å². The topological polar surface area (TPSA) is 24.5 Å². The Morgan fingerprint density at radius 2 is 2.06 bits per heavy atom. The van der Waals surface area contributed by atoms with Gasteiger partial charge in [0.2, 0.25) is 0 Å². The van der Waals surface area contributed by atoms with Crippen LogP contribution in [0, 0.1) is 5.82 Å². The molecule has 5 heteroatoms. The summed E-state index contributed by atoms with van der Waals surface area (Å²) in [7, 11) is 1.54. The van der Waals surface area contributed by atoms with E-state index >= 15 is 0 Å². The number of methoxy groups -OCH3 is 1. The molecule has 0 amide bonds. The summed E-state index contributed by atoms with van der Waals surface area (Å²) >= 11 is 3.17. The fourth-order valence-electron chi connectivity index (χ4n) is 1.80. The van der Waals surface area contributed by atoms with E-state index in [1.54, 1.807) is 7.11 Å². The second-order valence-electron chi connectivity index (χ2n) is 3.68. The Balaban J connectivity index is 2.29. The van der Waals surface area contributed by atoms with Crippen LogP contribution < -0.4 is 15.0 Å². The minimum absolute atomic E-state index is 0.284. The normalized spacial score (nSPS) is 16.3. The Kier molecular flexibility index (Phi) is 3.66. The average molecular weight is 289 g/mol. The summed E-state index contributed by atoms with van der Waals surface area (Å²) in [6.07, 6.45) is 0. The van der Waals surface area contributed by atoms with Gasteiger partial charge in [-0.05, 0) is 22.0 Å². The van der Waals surface area contributed by atoms with Gasteiger partial charge in [0.25, 0.3) is 0 Å². The lowest BCUT2D eigenvalue weighted by atomic mass is 10.2. The third-order valence-electron chi connectivity index (χ3n) is 2.68. The van der Waals surface area contributed by atoms with Crippen LogP contribution in [0.5, 0.6) is 5.75 Å². The first-order valence-corrected chi connectivity index (χ1v) is 6.00. The number of nitrogens with one attached hydrogen (secondary N) is 1. The summed E-state index contributed by atoms with van der Waals surface area (Å²) in [6.45, 7) is 3.65. The molecule has 88 valence electrons. The zero-order chi connectivity index (χ0) is 11.5. The van der Waals surface area contributed by atoms with Gasteiger partial charge < -0.3 is 15.0 Å². The van der Waals surface area contributed by atoms with Crippen molar-refractivity contribution in [1.82, 2.24) is 5.32 Å². The molecule has 1 heterocycles. The largest absolute Gasteiger partial charge is 0.495 e. The molecule has 1 aliphatic rings. The molecule has 1 N–H and O–H groups in total. The fourth-order valence-corrected chi connectivity index (χ4v) is 2.20. The molecule has 1 aromatic carbocycles. The summed E-state index contributed by atoms with van der Waals surface area (Å²) in [5.41, 5.74) is 0.874. The van der Waals surface area contributed by atoms with Gasteiger partial charge in [-0.2, -0.15) is 0 Å². The highest BCUT2D eigenvalue weighted by Crippen LogP contribution is 2.32. The molecule has 0 aliphatic carbocycles. The number of ether oxygens (including phenoxy) is 1. The molecule has 2 rings (SSSR count). The molecule has 0 saturated carbocycles. The molecule has 1 fully saturated rings. The lowest BCUT2D eigenvalue weighted by Gasteiger charge is -2.29. The van der Waals surface area contributed by atoms with Crippen molar-refractivity contribution < 1.29 is 9.13 Å². The van der Waals surface area contributed by atoms with Gasteiger partial charge in [0.15, 0.2) is 0 Å². The van der Waals surface area contributed by atoms with Crippen LogP contribution in [0.25, 0.3) is 0 Å². The molecular weight excluding hydrogens is 275 g/mol. The minimum atomic E-state index is -0.284. The minimum Gasteiger partial charge on any atom is -0.495 e. The van der Waals surface area contributed by atoms with Crippen molar-refractivity contribution >= 4 is 21.6 Å². The van der Waals surface area contributed by atoms with Crippen LogP contribution in [-0.2, 0) is 0 Å². The first kappa shape index (κ1) is 11.7. The van der Waals surface area contributed by atoms with E-state index in [-0.39, 0.29) is 5.82 Å². The molecule has 0 spiro atoms. The molecular formula is C11H14BrFN2O. The maximum Gasteiger partial charge on any atom is 0.143 e. The van der Waals surface area contributed by atoms with Crippen molar-refractivity contribution in [2.24, 2.45) is 0 Å². The molecule has 0 radical (unpaired) electrons. The van der Waals surface area contributed by atoms with Crippen molar-refractivity contribution in [2.45, 2.75) is 0 Å². The average Bonchev–Trinajstić information content (AvgIpc) is 2.33. The van der Waals surface area contributed by atoms with E-state index in [1.165, 1.54) is 6.07 Å². The van der Waals surface area contributed by atoms with Gasteiger partial charge in [0, 0.05) is 37.9 Å². The highest BCUT2D eigenvalue weighted by atomic mass is 79.9. The van der Waals surface area contributed by atoms with E-state index in [0.717, 1.165) is 31.9 Å². The summed E-state index contributed by atoms with van der Waals surface area (Å²) in [4.78, 5) is 2.15. The Hall–Kier alpha value is -0.810. The smallest absolute Gasteiger partial charge is 0.143 e. The van der Waals surface area contributed by atoms with E-state index in [1.807, 2.05) is 6.07 Å². The molecule has 0 aromatic heterocycles. The van der Waals surface area contributed by atoms with Crippen LogP contribution in [0.15, 0.2) is 16.6 Å². The first-order chi connectivity index (χ1) is 7.72. The number of nitrogens with zero attached hydrogens (tertiary/aromatic N) is 1. The second-order valence-corrected chi connectivity index (χ2v) is 4.47. The number of halogens is 2. The Labute approximate surface area is 103 Å². The number of benzene rings is 1. The molecule has 16 heavy (non-hydrogen) atoms. The van der Waals surface area contributed by atoms with Crippen LogP contribution in [0.3, 0.4) is 0 Å². The van der Waals surface area contributed by atoms with Crippen molar-refractivity contribution in [1.29, 1.82) is 0 Å². The highest BCUT2D eigenvalue weighted by Gasteiger charge is 2.15. The van der Waals surface area contributed by atoms with E-state index in [9.17, 15) is 4.39 Å². The van der Waals surface area contributed by atoms with Gasteiger partial charge in [-0.1, -0.05) is 0 Å². The highest BCUT2D eigenvalue weighted by molar-refractivity contribution is 9.10. The number of hydrogen-bond donors (Lipinski definition) is 1. The second kappa shape index (κ2) is 5.01. The predicted octanol–water partition coefficient (Wildman–Crippen LogP) is 2.01. The standard InChI is InChI=1S/C11H14BrFN2O/c1-16-10-7-8(6-9(13)11(10)12)15-4-2-14-3-5-15/h6-7,14H,2-5H2,1H3. The van der Waals surface area contributed by atoms with Crippen molar-refractivity contribution in [2.75, 3.05) is 38.2 Å². The van der Waals surface area contributed by atoms with Crippen LogP contribution in [-0.4, -0.2) is 33.3 Å². The molecule has 1 saturated heterocycles. The van der Waals surface area contributed by atoms with Crippen molar-refractivity contribution in [3.63, 3.8) is 0 Å². The quantitative estimate of drug-likeness (QED) is 0.901. The van der Waals surface area contributed by atoms with Gasteiger partial charge >= 0.3 is 0 Å². The summed E-state index contributed by atoms with van der Waals surface area (Å²) < 4.78 is 19.1. The maximum absolute atomic E-state index is 13.6. The zero-order valence-electron chi connectivity index (χ0n) is 9.09.